The van der Waals surface area contributed by atoms with Crippen molar-refractivity contribution in [3.8, 4) is 11.1 Å². The van der Waals surface area contributed by atoms with E-state index in [0.717, 1.165) is 54.3 Å². The quantitative estimate of drug-likeness (QED) is 0.337. The third-order valence-corrected chi connectivity index (χ3v) is 11.4. The molecule has 2 fully saturated rings. The van der Waals surface area contributed by atoms with Gasteiger partial charge in [-0.15, -0.1) is 0 Å². The van der Waals surface area contributed by atoms with Gasteiger partial charge in [0.05, 0.1) is 10.9 Å². The lowest BCUT2D eigenvalue weighted by atomic mass is 9.85. The van der Waals surface area contributed by atoms with Gasteiger partial charge in [0.2, 0.25) is 15.9 Å². The monoisotopic (exact) mass is 625 g/mol. The summed E-state index contributed by atoms with van der Waals surface area (Å²) >= 11 is 0. The van der Waals surface area contributed by atoms with Crippen LogP contribution in [-0.2, 0) is 32.0 Å². The van der Waals surface area contributed by atoms with Crippen molar-refractivity contribution in [1.82, 2.24) is 14.9 Å². The third kappa shape index (κ3) is 8.59. The third-order valence-electron chi connectivity index (χ3n) is 8.56. The molecular formula is C33H40FN3O4S2. The number of amides is 1. The second kappa shape index (κ2) is 14.2. The number of rotatable bonds is 10. The summed E-state index contributed by atoms with van der Waals surface area (Å²) in [6.45, 7) is 4.57. The first-order chi connectivity index (χ1) is 20.7. The Morgan fingerprint density at radius 2 is 1.63 bits per heavy atom. The number of halogens is 1. The highest BCUT2D eigenvalue weighted by Crippen LogP contribution is 2.28. The molecule has 43 heavy (non-hydrogen) atoms. The van der Waals surface area contributed by atoms with Crippen molar-refractivity contribution in [3.05, 3.63) is 89.7 Å². The van der Waals surface area contributed by atoms with Gasteiger partial charge < -0.3 is 10.2 Å². The van der Waals surface area contributed by atoms with E-state index in [4.69, 9.17) is 0 Å². The van der Waals surface area contributed by atoms with E-state index in [1.807, 2.05) is 31.2 Å². The lowest BCUT2D eigenvalue weighted by Gasteiger charge is -2.29. The van der Waals surface area contributed by atoms with E-state index in [9.17, 15) is 21.8 Å². The molecule has 10 heteroatoms. The molecule has 3 aromatic rings. The summed E-state index contributed by atoms with van der Waals surface area (Å²) in [4.78, 5) is 15.4. The second-order valence-electron chi connectivity index (χ2n) is 11.6. The molecule has 0 aromatic heterocycles. The van der Waals surface area contributed by atoms with Crippen LogP contribution in [0.5, 0.6) is 0 Å². The average molecular weight is 626 g/mol. The highest BCUT2D eigenvalue weighted by atomic mass is 32.2. The van der Waals surface area contributed by atoms with Crippen molar-refractivity contribution in [3.63, 3.8) is 0 Å². The maximum atomic E-state index is 13.2. The van der Waals surface area contributed by atoms with Crippen LogP contribution in [0.1, 0.15) is 49.8 Å². The van der Waals surface area contributed by atoms with Crippen molar-refractivity contribution in [2.75, 3.05) is 31.1 Å². The highest BCUT2D eigenvalue weighted by molar-refractivity contribution is 7.89. The minimum atomic E-state index is -3.70. The highest BCUT2D eigenvalue weighted by Gasteiger charge is 2.30. The van der Waals surface area contributed by atoms with Crippen LogP contribution < -0.4 is 10.0 Å². The summed E-state index contributed by atoms with van der Waals surface area (Å²) < 4.78 is 54.0. The number of carbonyl (C=O) groups excluding carboxylic acids is 1. The molecule has 1 aliphatic heterocycles. The molecule has 3 aromatic carbocycles. The summed E-state index contributed by atoms with van der Waals surface area (Å²) in [5, 5.41) is 3.01. The predicted molar refractivity (Wildman–Crippen MR) is 169 cm³/mol. The number of nitrogens with one attached hydrogen (secondary N) is 2. The van der Waals surface area contributed by atoms with Crippen LogP contribution >= 0.6 is 0 Å². The number of sulfonamides is 1. The summed E-state index contributed by atoms with van der Waals surface area (Å²) in [5.41, 5.74) is 4.05. The van der Waals surface area contributed by atoms with Crippen molar-refractivity contribution >= 4 is 26.7 Å². The summed E-state index contributed by atoms with van der Waals surface area (Å²) in [5.74, 6) is 0.959. The number of benzene rings is 3. The van der Waals surface area contributed by atoms with E-state index in [2.05, 4.69) is 27.1 Å². The number of hydrogen-bond donors (Lipinski definition) is 2. The molecule has 1 atom stereocenters. The summed E-state index contributed by atoms with van der Waals surface area (Å²) in [7, 11) is -4.37. The zero-order chi connectivity index (χ0) is 30.4. The first-order valence-corrected chi connectivity index (χ1v) is 18.0. The fraction of sp³-hybridized carbons (Fsp3) is 0.424. The largest absolute Gasteiger partial charge is 0.349 e. The van der Waals surface area contributed by atoms with Gasteiger partial charge in [-0.1, -0.05) is 48.5 Å². The van der Waals surface area contributed by atoms with Gasteiger partial charge in [0.1, 0.15) is 5.82 Å². The van der Waals surface area contributed by atoms with Crippen LogP contribution in [0.15, 0.2) is 77.7 Å². The van der Waals surface area contributed by atoms with Gasteiger partial charge in [0.25, 0.3) is 0 Å². The van der Waals surface area contributed by atoms with Crippen LogP contribution in [0.2, 0.25) is 0 Å². The Labute approximate surface area is 256 Å². The zero-order valence-electron chi connectivity index (χ0n) is 24.5. The SMILES string of the molecule is C[C@@H](NC(=O)C1CCC(NS(=O)(=O)c2ccc(-c3cccc(CCN4CCS(=O)CC4)c3)cc2)CC1)c1ccc(F)cc1. The van der Waals surface area contributed by atoms with Crippen LogP contribution in [0, 0.1) is 11.7 Å². The molecule has 5 rings (SSSR count). The van der Waals surface area contributed by atoms with E-state index in [-0.39, 0.29) is 34.6 Å². The maximum absolute atomic E-state index is 13.2. The Morgan fingerprint density at radius 1 is 0.953 bits per heavy atom. The first kappa shape index (κ1) is 31.5. The van der Waals surface area contributed by atoms with Crippen molar-refractivity contribution in [2.24, 2.45) is 5.92 Å². The van der Waals surface area contributed by atoms with Crippen molar-refractivity contribution in [1.29, 1.82) is 0 Å². The van der Waals surface area contributed by atoms with Crippen LogP contribution in [0.4, 0.5) is 4.39 Å². The molecule has 0 unspecified atom stereocenters. The van der Waals surface area contributed by atoms with Crippen LogP contribution in [0.3, 0.4) is 0 Å². The number of carbonyl (C=O) groups is 1. The Bertz CT molecular complexity index is 1510. The number of nitrogens with zero attached hydrogens (tertiary/aromatic N) is 1. The van der Waals surface area contributed by atoms with E-state index in [1.54, 1.807) is 24.3 Å². The lowest BCUT2D eigenvalue weighted by molar-refractivity contribution is -0.126. The molecule has 0 bridgehead atoms. The Kier molecular flexibility index (Phi) is 10.4. The van der Waals surface area contributed by atoms with E-state index < -0.39 is 20.8 Å². The van der Waals surface area contributed by atoms with Gasteiger partial charge in [-0.3, -0.25) is 9.00 Å². The predicted octanol–water partition coefficient (Wildman–Crippen LogP) is 4.81. The van der Waals surface area contributed by atoms with Gasteiger partial charge in [0, 0.05) is 53.9 Å². The molecule has 0 spiro atoms. The minimum Gasteiger partial charge on any atom is -0.349 e. The number of hydrogen-bond acceptors (Lipinski definition) is 5. The topological polar surface area (TPSA) is 95.6 Å². The Hall–Kier alpha value is -2.92. The molecule has 1 heterocycles. The van der Waals surface area contributed by atoms with E-state index in [0.29, 0.717) is 25.7 Å². The Balaban J connectivity index is 1.11. The molecule has 0 radical (unpaired) electrons. The van der Waals surface area contributed by atoms with Crippen molar-refractivity contribution in [2.45, 2.75) is 56.0 Å². The van der Waals surface area contributed by atoms with Crippen LogP contribution in [-0.4, -0.2) is 60.6 Å². The lowest BCUT2D eigenvalue weighted by Crippen LogP contribution is -2.41. The zero-order valence-corrected chi connectivity index (χ0v) is 26.1. The molecule has 1 amide bonds. The van der Waals surface area contributed by atoms with Crippen LogP contribution in [0.25, 0.3) is 11.1 Å². The second-order valence-corrected chi connectivity index (χ2v) is 15.0. The fourth-order valence-electron chi connectivity index (χ4n) is 5.85. The first-order valence-electron chi connectivity index (χ1n) is 15.0. The normalized spacial score (nSPS) is 20.9. The Morgan fingerprint density at radius 3 is 2.30 bits per heavy atom. The molecule has 7 nitrogen and oxygen atoms in total. The summed E-state index contributed by atoms with van der Waals surface area (Å²) in [6.07, 6.45) is 3.28. The van der Waals surface area contributed by atoms with E-state index >= 15 is 0 Å². The molecule has 230 valence electrons. The maximum Gasteiger partial charge on any atom is 0.240 e. The van der Waals surface area contributed by atoms with Gasteiger partial charge in [-0.05, 0) is 85.5 Å². The molecule has 2 N–H and O–H groups in total. The molecule has 1 saturated heterocycles. The molecule has 1 aliphatic carbocycles. The molecule has 1 saturated carbocycles. The van der Waals surface area contributed by atoms with Gasteiger partial charge in [-0.25, -0.2) is 17.5 Å². The van der Waals surface area contributed by atoms with Gasteiger partial charge in [-0.2, -0.15) is 0 Å². The van der Waals surface area contributed by atoms with Crippen molar-refractivity contribution < 1.29 is 21.8 Å². The smallest absolute Gasteiger partial charge is 0.240 e. The molecule has 2 aliphatic rings. The standard InChI is InChI=1S/C33H40FN3O4S2/c1-24(26-5-11-30(34)12-6-26)35-33(38)28-7-13-31(14-8-28)36-43(40,41)32-15-9-27(10-16-32)29-4-2-3-25(23-29)17-18-37-19-21-42(39)22-20-37/h2-6,9-12,15-16,23-24,28,31,36H,7-8,13-14,17-22H2,1H3,(H,35,38)/t24-,28?,31?/m1/s1. The molecular weight excluding hydrogens is 586 g/mol. The fourth-order valence-corrected chi connectivity index (χ4v) is 8.28. The average Bonchev–Trinajstić information content (AvgIpc) is 3.01. The summed E-state index contributed by atoms with van der Waals surface area (Å²) in [6, 6.07) is 20.9. The van der Waals surface area contributed by atoms with Gasteiger partial charge in [0.15, 0.2) is 0 Å². The van der Waals surface area contributed by atoms with Gasteiger partial charge >= 0.3 is 0 Å². The van der Waals surface area contributed by atoms with E-state index in [1.165, 1.54) is 17.7 Å². The minimum absolute atomic E-state index is 0.0537.